The highest BCUT2D eigenvalue weighted by molar-refractivity contribution is 9.10. The Hall–Kier alpha value is -3.78. The van der Waals surface area contributed by atoms with Crippen molar-refractivity contribution in [1.29, 1.82) is 0 Å². The van der Waals surface area contributed by atoms with Gasteiger partial charge in [0.2, 0.25) is 0 Å². The van der Waals surface area contributed by atoms with Gasteiger partial charge in [-0.1, -0.05) is 59.7 Å². The standard InChI is InChI=1S/C17H24N4O2Si.C15H31BO3Si.C8H5BrN4O/c1-17(2,3)24(4,5)23-8-6-7-14-11-20-16(22)15(21-14)13-9-18-12-19-10-13;1-13(2,3)20(8,9)17-12-10-11-16-18-14(4,5)15(6,7)19-16;9-6-3-12-8(14)7(13-6)5-1-10-4-11-2-5/h6-7,9-12H,8H2,1-5H3,(H,20,22);10-11H,12H2,1-9H3;1-4H,(H,12,14)/b7-6+;11-10+;. The van der Waals surface area contributed by atoms with Crippen LogP contribution in [-0.4, -0.2) is 88.0 Å². The highest BCUT2D eigenvalue weighted by atomic mass is 79.9. The molecule has 0 spiro atoms. The summed E-state index contributed by atoms with van der Waals surface area (Å²) in [5.41, 5.74) is 1.38. The zero-order valence-corrected chi connectivity index (χ0v) is 40.0. The molecule has 0 amide bonds. The van der Waals surface area contributed by atoms with Gasteiger partial charge in [0.15, 0.2) is 16.6 Å². The SMILES string of the molecule is CC(C)(C)[Si](C)(C)OC/C=C/c1c[nH]c(=O)c(-c2cncnc2)n1.CC1(C)OB(/C=C/CO[Si](C)(C)C(C)(C)C)OC1(C)C.O=c1[nH]cc(Br)nc1-c1cncnc1. The van der Waals surface area contributed by atoms with E-state index in [4.69, 9.17) is 18.2 Å². The minimum atomic E-state index is -1.76. The summed E-state index contributed by atoms with van der Waals surface area (Å²) in [6.07, 6.45) is 17.9. The number of halogens is 1. The van der Waals surface area contributed by atoms with Gasteiger partial charge < -0.3 is 28.1 Å². The van der Waals surface area contributed by atoms with Crippen LogP contribution in [0.2, 0.25) is 36.3 Å². The van der Waals surface area contributed by atoms with Crippen LogP contribution in [-0.2, 0) is 18.2 Å². The van der Waals surface area contributed by atoms with Crippen molar-refractivity contribution < 1.29 is 18.2 Å². The van der Waals surface area contributed by atoms with Crippen molar-refractivity contribution in [2.75, 3.05) is 13.2 Å². The fourth-order valence-electron chi connectivity index (χ4n) is 4.37. The Morgan fingerprint density at radius 2 is 1.12 bits per heavy atom. The number of hydrogen-bond donors (Lipinski definition) is 2. The van der Waals surface area contributed by atoms with Crippen molar-refractivity contribution in [1.82, 2.24) is 39.9 Å². The zero-order valence-electron chi connectivity index (χ0n) is 36.4. The van der Waals surface area contributed by atoms with E-state index in [1.165, 1.54) is 31.2 Å². The second-order valence-electron chi connectivity index (χ2n) is 17.8. The maximum atomic E-state index is 11.9. The summed E-state index contributed by atoms with van der Waals surface area (Å²) < 4.78 is 24.6. The number of nitrogens with zero attached hydrogens (tertiary/aromatic N) is 6. The fourth-order valence-corrected chi connectivity index (χ4v) is 6.55. The maximum absolute atomic E-state index is 11.9. The number of aromatic nitrogens is 8. The van der Waals surface area contributed by atoms with E-state index in [9.17, 15) is 9.59 Å². The summed E-state index contributed by atoms with van der Waals surface area (Å²) in [4.78, 5) is 52.4. The van der Waals surface area contributed by atoms with Crippen LogP contribution in [0.15, 0.2) is 82.2 Å². The van der Waals surface area contributed by atoms with Crippen molar-refractivity contribution in [3.05, 3.63) is 99.0 Å². The zero-order chi connectivity index (χ0) is 43.6. The van der Waals surface area contributed by atoms with Crippen LogP contribution in [0.4, 0.5) is 0 Å². The minimum absolute atomic E-state index is 0.178. The third kappa shape index (κ3) is 13.9. The molecule has 58 heavy (non-hydrogen) atoms. The molecule has 0 atom stereocenters. The van der Waals surface area contributed by atoms with E-state index in [-0.39, 0.29) is 39.5 Å². The predicted molar refractivity (Wildman–Crippen MR) is 240 cm³/mol. The van der Waals surface area contributed by atoms with Gasteiger partial charge in [0.1, 0.15) is 28.6 Å². The second-order valence-corrected chi connectivity index (χ2v) is 28.2. The highest BCUT2D eigenvalue weighted by Gasteiger charge is 2.50. The summed E-state index contributed by atoms with van der Waals surface area (Å²) in [6.45, 7) is 31.7. The largest absolute Gasteiger partial charge is 0.486 e. The Balaban J connectivity index is 0.000000240. The average molecular weight is 896 g/mol. The van der Waals surface area contributed by atoms with Gasteiger partial charge in [-0.15, -0.1) is 0 Å². The van der Waals surface area contributed by atoms with Gasteiger partial charge in [-0.2, -0.15) is 0 Å². The molecule has 5 rings (SSSR count). The molecule has 18 heteroatoms. The molecule has 314 valence electrons. The highest BCUT2D eigenvalue weighted by Crippen LogP contribution is 2.38. The lowest BCUT2D eigenvalue weighted by atomic mass is 9.90. The summed E-state index contributed by atoms with van der Waals surface area (Å²) in [6, 6.07) is 0. The Bertz CT molecular complexity index is 2090. The molecule has 5 heterocycles. The lowest BCUT2D eigenvalue weighted by Crippen LogP contribution is -2.41. The maximum Gasteiger partial charge on any atom is 0.486 e. The van der Waals surface area contributed by atoms with E-state index < -0.39 is 16.6 Å². The molecule has 1 aliphatic rings. The van der Waals surface area contributed by atoms with Crippen LogP contribution in [0.5, 0.6) is 0 Å². The number of rotatable bonds is 10. The molecule has 2 N–H and O–H groups in total. The molecule has 0 radical (unpaired) electrons. The molecule has 1 saturated heterocycles. The molecule has 1 fully saturated rings. The first-order chi connectivity index (χ1) is 26.8. The van der Waals surface area contributed by atoms with Gasteiger partial charge in [0.25, 0.3) is 11.1 Å². The molecular weight excluding hydrogens is 835 g/mol. The van der Waals surface area contributed by atoms with Gasteiger partial charge in [-0.25, -0.2) is 29.9 Å². The predicted octanol–water partition coefficient (Wildman–Crippen LogP) is 8.45. The van der Waals surface area contributed by atoms with E-state index in [2.05, 4.69) is 151 Å². The number of H-pyrrole nitrogens is 2. The molecular formula is C40H60BBrN8O6Si2. The van der Waals surface area contributed by atoms with Gasteiger partial charge in [-0.05, 0) is 86.0 Å². The summed E-state index contributed by atoms with van der Waals surface area (Å²) in [5.74, 6) is 1.96. The van der Waals surface area contributed by atoms with E-state index in [0.29, 0.717) is 46.0 Å². The Morgan fingerprint density at radius 3 is 1.57 bits per heavy atom. The lowest BCUT2D eigenvalue weighted by molar-refractivity contribution is 0.00578. The quantitative estimate of drug-likeness (QED) is 0.145. The Kier molecular flexibility index (Phi) is 16.7. The minimum Gasteiger partial charge on any atom is -0.413 e. The van der Waals surface area contributed by atoms with Gasteiger partial charge in [-0.3, -0.25) is 9.59 Å². The van der Waals surface area contributed by atoms with E-state index in [0.717, 1.165) is 0 Å². The molecule has 0 unspecified atom stereocenters. The van der Waals surface area contributed by atoms with Crippen molar-refractivity contribution in [2.45, 2.75) is 117 Å². The third-order valence-corrected chi connectivity index (χ3v) is 20.2. The van der Waals surface area contributed by atoms with Crippen LogP contribution in [0.1, 0.15) is 74.9 Å². The van der Waals surface area contributed by atoms with Crippen LogP contribution in [0.3, 0.4) is 0 Å². The number of aromatic amines is 2. The van der Waals surface area contributed by atoms with Gasteiger partial charge >= 0.3 is 7.12 Å². The summed E-state index contributed by atoms with van der Waals surface area (Å²) in [5, 5.41) is 0.419. The van der Waals surface area contributed by atoms with Crippen molar-refractivity contribution in [2.24, 2.45) is 0 Å². The first-order valence-electron chi connectivity index (χ1n) is 19.1. The number of hydrogen-bond acceptors (Lipinski definition) is 12. The fraction of sp³-hybridized carbons (Fsp3) is 0.500. The van der Waals surface area contributed by atoms with Crippen LogP contribution >= 0.6 is 15.9 Å². The van der Waals surface area contributed by atoms with Crippen molar-refractivity contribution in [3.63, 3.8) is 0 Å². The van der Waals surface area contributed by atoms with Crippen molar-refractivity contribution >= 4 is 45.8 Å². The summed E-state index contributed by atoms with van der Waals surface area (Å²) in [7, 11) is -3.71. The van der Waals surface area contributed by atoms with Gasteiger partial charge in [0, 0.05) is 48.3 Å². The molecule has 0 aromatic carbocycles. The van der Waals surface area contributed by atoms with E-state index in [1.807, 2.05) is 24.2 Å². The third-order valence-electron chi connectivity index (χ3n) is 10.8. The lowest BCUT2D eigenvalue weighted by Gasteiger charge is -2.35. The monoisotopic (exact) mass is 894 g/mol. The molecule has 4 aromatic rings. The van der Waals surface area contributed by atoms with Crippen LogP contribution in [0.25, 0.3) is 28.6 Å². The van der Waals surface area contributed by atoms with E-state index in [1.54, 1.807) is 18.6 Å². The van der Waals surface area contributed by atoms with Crippen LogP contribution < -0.4 is 11.1 Å². The van der Waals surface area contributed by atoms with Crippen LogP contribution in [0, 0.1) is 0 Å². The topological polar surface area (TPSA) is 180 Å². The average Bonchev–Trinajstić information content (AvgIpc) is 3.35. The second kappa shape index (κ2) is 20.0. The Morgan fingerprint density at radius 1 is 0.707 bits per heavy atom. The molecule has 4 aromatic heterocycles. The van der Waals surface area contributed by atoms with E-state index >= 15 is 0 Å². The first-order valence-corrected chi connectivity index (χ1v) is 25.7. The van der Waals surface area contributed by atoms with Crippen molar-refractivity contribution in [3.8, 4) is 22.5 Å². The molecule has 1 aliphatic heterocycles. The molecule has 0 aliphatic carbocycles. The Labute approximate surface area is 353 Å². The number of nitrogens with one attached hydrogen (secondary N) is 2. The normalized spacial score (nSPS) is 15.5. The smallest absolute Gasteiger partial charge is 0.413 e. The van der Waals surface area contributed by atoms with Gasteiger partial charge in [0.05, 0.1) is 30.1 Å². The molecule has 0 saturated carbocycles. The molecule has 0 bridgehead atoms. The summed E-state index contributed by atoms with van der Waals surface area (Å²) >= 11 is 3.17. The molecule has 14 nitrogen and oxygen atoms in total. The first kappa shape index (κ1) is 48.6.